The van der Waals surface area contributed by atoms with E-state index in [2.05, 4.69) is 11.8 Å². The van der Waals surface area contributed by atoms with Gasteiger partial charge >= 0.3 is 0 Å². The maximum Gasteiger partial charge on any atom is 0.272 e. The van der Waals surface area contributed by atoms with Gasteiger partial charge in [0.05, 0.1) is 16.7 Å². The summed E-state index contributed by atoms with van der Waals surface area (Å²) in [5, 5.41) is 10.6. The van der Waals surface area contributed by atoms with Crippen molar-refractivity contribution in [2.75, 3.05) is 25.0 Å². The smallest absolute Gasteiger partial charge is 0.272 e. The Labute approximate surface area is 111 Å². The first kappa shape index (κ1) is 13.7. The van der Waals surface area contributed by atoms with Crippen molar-refractivity contribution in [1.82, 2.24) is 4.90 Å². The lowest BCUT2D eigenvalue weighted by Crippen LogP contribution is -2.55. The predicted molar refractivity (Wildman–Crippen MR) is 72.0 cm³/mol. The van der Waals surface area contributed by atoms with Gasteiger partial charge in [0.2, 0.25) is 0 Å². The van der Waals surface area contributed by atoms with Crippen LogP contribution in [0, 0.1) is 15.9 Å². The van der Waals surface area contributed by atoms with Crippen LogP contribution in [-0.4, -0.2) is 42.0 Å². The summed E-state index contributed by atoms with van der Waals surface area (Å²) in [4.78, 5) is 14.2. The van der Waals surface area contributed by atoms with Crippen molar-refractivity contribution in [1.29, 1.82) is 0 Å². The number of likely N-dealkylation sites (N-methyl/N-ethyl adjacent to an activating group) is 1. The van der Waals surface area contributed by atoms with E-state index in [0.717, 1.165) is 12.6 Å². The van der Waals surface area contributed by atoms with Gasteiger partial charge in [-0.25, -0.2) is 4.39 Å². The van der Waals surface area contributed by atoms with E-state index in [9.17, 15) is 14.5 Å². The Morgan fingerprint density at radius 1 is 1.32 bits per heavy atom. The second kappa shape index (κ2) is 5.13. The molecule has 0 unspecified atom stereocenters. The second-order valence-electron chi connectivity index (χ2n) is 5.18. The molecule has 0 aromatic heterocycles. The Morgan fingerprint density at radius 3 is 2.58 bits per heavy atom. The second-order valence-corrected chi connectivity index (χ2v) is 5.18. The van der Waals surface area contributed by atoms with Gasteiger partial charge in [-0.05, 0) is 27.0 Å². The van der Waals surface area contributed by atoms with Crippen LogP contribution < -0.4 is 4.90 Å². The number of non-ortho nitro benzene ring substituents is 1. The summed E-state index contributed by atoms with van der Waals surface area (Å²) in [7, 11) is 2.05. The minimum absolute atomic E-state index is 0.178. The van der Waals surface area contributed by atoms with Crippen molar-refractivity contribution >= 4 is 11.4 Å². The van der Waals surface area contributed by atoms with E-state index in [1.165, 1.54) is 12.1 Å². The number of benzene rings is 1. The summed E-state index contributed by atoms with van der Waals surface area (Å²) in [6.45, 7) is 5.68. The molecule has 1 aromatic rings. The van der Waals surface area contributed by atoms with Crippen molar-refractivity contribution in [2.45, 2.75) is 25.9 Å². The van der Waals surface area contributed by atoms with Crippen LogP contribution in [0.3, 0.4) is 0 Å². The van der Waals surface area contributed by atoms with Crippen LogP contribution in [0.4, 0.5) is 15.8 Å². The molecule has 0 aliphatic carbocycles. The fraction of sp³-hybridized carbons (Fsp3) is 0.538. The molecule has 1 fully saturated rings. The van der Waals surface area contributed by atoms with Crippen LogP contribution in [0.1, 0.15) is 13.8 Å². The van der Waals surface area contributed by atoms with E-state index in [0.29, 0.717) is 18.3 Å². The van der Waals surface area contributed by atoms with Gasteiger partial charge in [0, 0.05) is 31.2 Å². The Bertz CT molecular complexity index is 495. The Balaban J connectivity index is 2.29. The summed E-state index contributed by atoms with van der Waals surface area (Å²) < 4.78 is 14.0. The number of rotatable bonds is 2. The van der Waals surface area contributed by atoms with Crippen LogP contribution in [0.2, 0.25) is 0 Å². The molecule has 0 N–H and O–H groups in total. The molecule has 1 heterocycles. The minimum atomic E-state index is -0.580. The van der Waals surface area contributed by atoms with Gasteiger partial charge in [-0.2, -0.15) is 0 Å². The van der Waals surface area contributed by atoms with Gasteiger partial charge in [-0.1, -0.05) is 0 Å². The average molecular weight is 267 g/mol. The number of piperazine rings is 1. The molecule has 2 atom stereocenters. The third kappa shape index (κ3) is 2.68. The van der Waals surface area contributed by atoms with Crippen LogP contribution in [0.15, 0.2) is 18.2 Å². The zero-order chi connectivity index (χ0) is 14.2. The summed E-state index contributed by atoms with van der Waals surface area (Å²) in [5.74, 6) is -0.530. The number of halogens is 1. The maximum atomic E-state index is 14.0. The highest BCUT2D eigenvalue weighted by molar-refractivity contribution is 5.53. The Morgan fingerprint density at radius 2 is 2.00 bits per heavy atom. The van der Waals surface area contributed by atoms with Crippen molar-refractivity contribution in [2.24, 2.45) is 0 Å². The molecule has 19 heavy (non-hydrogen) atoms. The van der Waals surface area contributed by atoms with Crippen LogP contribution in [-0.2, 0) is 0 Å². The highest BCUT2D eigenvalue weighted by Gasteiger charge is 2.28. The maximum absolute atomic E-state index is 14.0. The van der Waals surface area contributed by atoms with Crippen LogP contribution in [0.25, 0.3) is 0 Å². The van der Waals surface area contributed by atoms with Gasteiger partial charge in [-0.3, -0.25) is 15.0 Å². The predicted octanol–water partition coefficient (Wildman–Crippen LogP) is 2.26. The molecule has 1 aromatic carbocycles. The van der Waals surface area contributed by atoms with Gasteiger partial charge in [0.1, 0.15) is 0 Å². The molecule has 104 valence electrons. The van der Waals surface area contributed by atoms with E-state index in [1.54, 1.807) is 0 Å². The van der Waals surface area contributed by atoms with E-state index < -0.39 is 10.7 Å². The highest BCUT2D eigenvalue weighted by atomic mass is 19.1. The molecule has 0 spiro atoms. The highest BCUT2D eigenvalue weighted by Crippen LogP contribution is 2.28. The van der Waals surface area contributed by atoms with E-state index in [1.807, 2.05) is 18.9 Å². The molecule has 0 bridgehead atoms. The average Bonchev–Trinajstić information content (AvgIpc) is 2.34. The zero-order valence-corrected chi connectivity index (χ0v) is 11.3. The van der Waals surface area contributed by atoms with Crippen molar-refractivity contribution in [3.05, 3.63) is 34.1 Å². The van der Waals surface area contributed by atoms with E-state index in [-0.39, 0.29) is 11.7 Å². The lowest BCUT2D eigenvalue weighted by Gasteiger charge is -2.43. The molecule has 0 amide bonds. The van der Waals surface area contributed by atoms with E-state index in [4.69, 9.17) is 0 Å². The number of hydrogen-bond acceptors (Lipinski definition) is 4. The quantitative estimate of drug-likeness (QED) is 0.609. The first-order valence-electron chi connectivity index (χ1n) is 6.31. The number of anilines is 1. The zero-order valence-electron chi connectivity index (χ0n) is 11.3. The number of hydrogen-bond donors (Lipinski definition) is 0. The third-order valence-corrected chi connectivity index (χ3v) is 3.75. The molecular formula is C13H18FN3O2. The summed E-state index contributed by atoms with van der Waals surface area (Å²) in [6, 6.07) is 4.35. The number of nitro groups is 1. The molecule has 1 aliphatic heterocycles. The van der Waals surface area contributed by atoms with Gasteiger partial charge in [-0.15, -0.1) is 0 Å². The van der Waals surface area contributed by atoms with Gasteiger partial charge < -0.3 is 4.90 Å². The Kier molecular flexibility index (Phi) is 3.71. The number of nitro benzene ring substituents is 1. The number of nitrogens with zero attached hydrogens (tertiary/aromatic N) is 3. The standard InChI is InChI=1S/C13H18FN3O2/c1-9-8-16(10(2)7-15(9)3)13-5-4-11(17(18)19)6-12(13)14/h4-6,9-10H,7-8H2,1-3H3/t9-,10+/m1/s1. The first-order valence-corrected chi connectivity index (χ1v) is 6.31. The normalized spacial score (nSPS) is 24.5. The first-order chi connectivity index (χ1) is 8.90. The molecule has 0 radical (unpaired) electrons. The largest absolute Gasteiger partial charge is 0.364 e. The summed E-state index contributed by atoms with van der Waals surface area (Å²) in [6.07, 6.45) is 0. The van der Waals surface area contributed by atoms with Gasteiger partial charge in [0.15, 0.2) is 5.82 Å². The fourth-order valence-electron chi connectivity index (χ4n) is 2.48. The van der Waals surface area contributed by atoms with Crippen LogP contribution >= 0.6 is 0 Å². The molecule has 6 heteroatoms. The summed E-state index contributed by atoms with van der Waals surface area (Å²) in [5.41, 5.74) is 0.231. The molecule has 2 rings (SSSR count). The van der Waals surface area contributed by atoms with Crippen LogP contribution in [0.5, 0.6) is 0 Å². The minimum Gasteiger partial charge on any atom is -0.364 e. The lowest BCUT2D eigenvalue weighted by atomic mass is 10.1. The lowest BCUT2D eigenvalue weighted by molar-refractivity contribution is -0.385. The topological polar surface area (TPSA) is 49.6 Å². The van der Waals surface area contributed by atoms with Crippen molar-refractivity contribution < 1.29 is 9.31 Å². The van der Waals surface area contributed by atoms with Crippen molar-refractivity contribution in [3.8, 4) is 0 Å². The monoisotopic (exact) mass is 267 g/mol. The fourth-order valence-corrected chi connectivity index (χ4v) is 2.48. The van der Waals surface area contributed by atoms with Crippen molar-refractivity contribution in [3.63, 3.8) is 0 Å². The SMILES string of the molecule is C[C@@H]1CN(c2ccc([N+](=O)[O-])cc2F)[C@@H](C)CN1C. The van der Waals surface area contributed by atoms with E-state index >= 15 is 0 Å². The molecule has 1 aliphatic rings. The molecular weight excluding hydrogens is 249 g/mol. The third-order valence-electron chi connectivity index (χ3n) is 3.75. The molecule has 1 saturated heterocycles. The molecule has 0 saturated carbocycles. The van der Waals surface area contributed by atoms with Gasteiger partial charge in [0.25, 0.3) is 5.69 Å². The Hall–Kier alpha value is -1.69. The summed E-state index contributed by atoms with van der Waals surface area (Å²) >= 11 is 0. The molecule has 5 nitrogen and oxygen atoms in total.